The number of aryl methyl sites for hydroxylation is 2. The molecule has 1 fully saturated rings. The number of imidazole rings is 1. The number of aromatic nitrogens is 3. The Labute approximate surface area is 149 Å². The van der Waals surface area contributed by atoms with Crippen molar-refractivity contribution in [3.8, 4) is 10.4 Å². The van der Waals surface area contributed by atoms with Gasteiger partial charge in [0.25, 0.3) is 0 Å². The second kappa shape index (κ2) is 5.68. The predicted molar refractivity (Wildman–Crippen MR) is 100 cm³/mol. The van der Waals surface area contributed by atoms with Crippen LogP contribution in [-0.4, -0.2) is 27.5 Å². The molecule has 0 amide bonds. The second-order valence-corrected chi connectivity index (χ2v) is 7.86. The van der Waals surface area contributed by atoms with Crippen LogP contribution in [0.2, 0.25) is 0 Å². The molecule has 0 bridgehead atoms. The van der Waals surface area contributed by atoms with Crippen molar-refractivity contribution in [2.45, 2.75) is 32.6 Å². The summed E-state index contributed by atoms with van der Waals surface area (Å²) in [5.74, 6) is 1.30. The number of oxazole rings is 1. The normalized spacial score (nSPS) is 16.2. The topological polar surface area (TPSA) is 55.4 Å². The molecule has 0 saturated carbocycles. The van der Waals surface area contributed by atoms with Gasteiger partial charge in [0.15, 0.2) is 16.4 Å². The Hall–Kier alpha value is -2.18. The molecule has 1 saturated heterocycles. The van der Waals surface area contributed by atoms with Crippen LogP contribution in [0.5, 0.6) is 0 Å². The van der Waals surface area contributed by atoms with Crippen LogP contribution in [0.3, 0.4) is 0 Å². The van der Waals surface area contributed by atoms with E-state index in [0.29, 0.717) is 11.8 Å². The molecule has 6 heteroatoms. The zero-order valence-corrected chi connectivity index (χ0v) is 15.2. The molecule has 4 heterocycles. The molecular formula is C19H20N4OS. The van der Waals surface area contributed by atoms with Gasteiger partial charge in [-0.3, -0.25) is 4.40 Å². The zero-order chi connectivity index (χ0) is 17.0. The minimum absolute atomic E-state index is 0.591. The van der Waals surface area contributed by atoms with Crippen LogP contribution in [0.25, 0.3) is 26.5 Å². The van der Waals surface area contributed by atoms with E-state index in [1.807, 2.05) is 6.92 Å². The molecule has 5 nitrogen and oxygen atoms in total. The van der Waals surface area contributed by atoms with E-state index in [1.54, 1.807) is 11.3 Å². The first kappa shape index (κ1) is 15.1. The molecule has 0 radical (unpaired) electrons. The van der Waals surface area contributed by atoms with Gasteiger partial charge in [0.05, 0.1) is 10.6 Å². The number of thiazole rings is 1. The van der Waals surface area contributed by atoms with Crippen molar-refractivity contribution < 1.29 is 4.42 Å². The Morgan fingerprint density at radius 1 is 1.16 bits per heavy atom. The van der Waals surface area contributed by atoms with Crippen molar-refractivity contribution >= 4 is 27.4 Å². The first-order valence-corrected chi connectivity index (χ1v) is 9.56. The molecule has 25 heavy (non-hydrogen) atoms. The Morgan fingerprint density at radius 3 is 2.80 bits per heavy atom. The summed E-state index contributed by atoms with van der Waals surface area (Å²) in [6, 6.07) is 4.28. The average Bonchev–Trinajstić information content (AvgIpc) is 3.27. The molecular weight excluding hydrogens is 332 g/mol. The minimum Gasteiger partial charge on any atom is -0.441 e. The lowest BCUT2D eigenvalue weighted by molar-refractivity contribution is 0.454. The van der Waals surface area contributed by atoms with Crippen LogP contribution in [-0.2, 0) is 0 Å². The van der Waals surface area contributed by atoms with Crippen molar-refractivity contribution in [2.24, 2.45) is 0 Å². The number of hydrogen-bond donors (Lipinski definition) is 1. The summed E-state index contributed by atoms with van der Waals surface area (Å²) in [5, 5.41) is 3.42. The maximum absolute atomic E-state index is 5.69. The van der Waals surface area contributed by atoms with Gasteiger partial charge in [0.2, 0.25) is 0 Å². The Kier molecular flexibility index (Phi) is 3.43. The summed E-state index contributed by atoms with van der Waals surface area (Å²) >= 11 is 1.74. The quantitative estimate of drug-likeness (QED) is 0.585. The molecule has 0 unspecified atom stereocenters. The second-order valence-electron chi connectivity index (χ2n) is 6.85. The number of piperidine rings is 1. The summed E-state index contributed by atoms with van der Waals surface area (Å²) in [7, 11) is 0. The van der Waals surface area contributed by atoms with E-state index in [1.165, 1.54) is 29.0 Å². The van der Waals surface area contributed by atoms with E-state index in [-0.39, 0.29) is 0 Å². The summed E-state index contributed by atoms with van der Waals surface area (Å²) < 4.78 is 7.86. The Morgan fingerprint density at radius 2 is 2.00 bits per heavy atom. The van der Waals surface area contributed by atoms with Crippen molar-refractivity contribution in [3.05, 3.63) is 41.7 Å². The highest BCUT2D eigenvalue weighted by atomic mass is 32.1. The molecule has 0 aliphatic carbocycles. The monoisotopic (exact) mass is 352 g/mol. The first-order valence-electron chi connectivity index (χ1n) is 8.75. The molecule has 1 aliphatic rings. The van der Waals surface area contributed by atoms with Crippen LogP contribution < -0.4 is 5.32 Å². The van der Waals surface area contributed by atoms with Gasteiger partial charge in [-0.05, 0) is 56.1 Å². The molecule has 0 spiro atoms. The highest BCUT2D eigenvalue weighted by molar-refractivity contribution is 7.20. The zero-order valence-electron chi connectivity index (χ0n) is 14.4. The fourth-order valence-corrected chi connectivity index (χ4v) is 4.68. The summed E-state index contributed by atoms with van der Waals surface area (Å²) in [6.07, 6.45) is 6.75. The highest BCUT2D eigenvalue weighted by Gasteiger charge is 2.19. The van der Waals surface area contributed by atoms with Crippen LogP contribution in [0, 0.1) is 13.8 Å². The van der Waals surface area contributed by atoms with E-state index in [0.717, 1.165) is 34.7 Å². The van der Waals surface area contributed by atoms with Gasteiger partial charge in [0.1, 0.15) is 5.52 Å². The van der Waals surface area contributed by atoms with Crippen LogP contribution in [0.15, 0.2) is 28.9 Å². The Balaban J connectivity index is 1.53. The number of hydrogen-bond acceptors (Lipinski definition) is 5. The van der Waals surface area contributed by atoms with E-state index >= 15 is 0 Å². The fourth-order valence-electron chi connectivity index (χ4n) is 3.72. The maximum atomic E-state index is 5.69. The summed E-state index contributed by atoms with van der Waals surface area (Å²) in [6.45, 7) is 6.15. The Bertz CT molecular complexity index is 1040. The average molecular weight is 352 g/mol. The highest BCUT2D eigenvalue weighted by Crippen LogP contribution is 2.34. The van der Waals surface area contributed by atoms with Gasteiger partial charge in [-0.2, -0.15) is 0 Å². The third-order valence-electron chi connectivity index (χ3n) is 5.00. The van der Waals surface area contributed by atoms with Gasteiger partial charge in [0, 0.05) is 25.2 Å². The number of nitrogens with one attached hydrogen (secondary N) is 1. The molecule has 128 valence electrons. The number of benzene rings is 1. The molecule has 4 aromatic rings. The summed E-state index contributed by atoms with van der Waals surface area (Å²) in [5.41, 5.74) is 5.34. The minimum atomic E-state index is 0.591. The third-order valence-corrected chi connectivity index (χ3v) is 6.04. The smallest absolute Gasteiger partial charge is 0.194 e. The lowest BCUT2D eigenvalue weighted by Gasteiger charge is -2.20. The number of rotatable bonds is 2. The van der Waals surface area contributed by atoms with Gasteiger partial charge >= 0.3 is 0 Å². The fraction of sp³-hybridized carbons (Fsp3) is 0.368. The maximum Gasteiger partial charge on any atom is 0.194 e. The van der Waals surface area contributed by atoms with E-state index < -0.39 is 0 Å². The number of fused-ring (bicyclic) bond motifs is 2. The molecule has 1 N–H and O–H groups in total. The largest absolute Gasteiger partial charge is 0.441 e. The van der Waals surface area contributed by atoms with Crippen molar-refractivity contribution in [1.29, 1.82) is 0 Å². The summed E-state index contributed by atoms with van der Waals surface area (Å²) in [4.78, 5) is 11.7. The van der Waals surface area contributed by atoms with Crippen molar-refractivity contribution in [3.63, 3.8) is 0 Å². The third kappa shape index (κ3) is 2.56. The van der Waals surface area contributed by atoms with E-state index in [2.05, 4.69) is 46.2 Å². The van der Waals surface area contributed by atoms with Gasteiger partial charge in [-0.1, -0.05) is 11.3 Å². The molecule has 1 aliphatic heterocycles. The van der Waals surface area contributed by atoms with Crippen molar-refractivity contribution in [2.75, 3.05) is 13.1 Å². The standard InChI is InChI=1S/C19H20N4OS/c1-11-7-14(8-15-18(11)24-12(2)21-15)17-10-23-9-16(22-19(23)25-17)13-3-5-20-6-4-13/h7-10,13,20H,3-6H2,1-2H3. The van der Waals surface area contributed by atoms with Gasteiger partial charge < -0.3 is 9.73 Å². The lowest BCUT2D eigenvalue weighted by Crippen LogP contribution is -2.26. The van der Waals surface area contributed by atoms with Crippen LogP contribution in [0.4, 0.5) is 0 Å². The molecule has 0 atom stereocenters. The SMILES string of the molecule is Cc1nc2cc(-c3cn4cc(C5CCNCC5)nc4s3)cc(C)c2o1. The van der Waals surface area contributed by atoms with Gasteiger partial charge in [-0.25, -0.2) is 9.97 Å². The first-order chi connectivity index (χ1) is 12.2. The van der Waals surface area contributed by atoms with Crippen molar-refractivity contribution in [1.82, 2.24) is 19.7 Å². The van der Waals surface area contributed by atoms with E-state index in [4.69, 9.17) is 9.40 Å². The van der Waals surface area contributed by atoms with E-state index in [9.17, 15) is 0 Å². The lowest BCUT2D eigenvalue weighted by atomic mass is 9.95. The van der Waals surface area contributed by atoms with Crippen LogP contribution >= 0.6 is 11.3 Å². The predicted octanol–water partition coefficient (Wildman–Crippen LogP) is 4.29. The molecule has 5 rings (SSSR count). The van der Waals surface area contributed by atoms with Crippen LogP contribution in [0.1, 0.15) is 35.9 Å². The molecule has 1 aromatic carbocycles. The molecule has 3 aromatic heterocycles. The number of nitrogens with zero attached hydrogens (tertiary/aromatic N) is 3. The van der Waals surface area contributed by atoms with Gasteiger partial charge in [-0.15, -0.1) is 0 Å².